The Balaban J connectivity index is 1.46. The molecular formula is C21H22FN3O2. The van der Waals surface area contributed by atoms with Gasteiger partial charge >= 0.3 is 0 Å². The monoisotopic (exact) mass is 367 g/mol. The van der Waals surface area contributed by atoms with Gasteiger partial charge in [0.25, 0.3) is 5.91 Å². The Morgan fingerprint density at radius 2 is 1.93 bits per heavy atom. The average Bonchev–Trinajstić information content (AvgIpc) is 2.94. The third-order valence-corrected chi connectivity index (χ3v) is 4.61. The number of nitriles is 1. The number of hydrogen-bond donors (Lipinski definition) is 0. The molecule has 0 atom stereocenters. The third-order valence-electron chi connectivity index (χ3n) is 4.61. The summed E-state index contributed by atoms with van der Waals surface area (Å²) < 4.78 is 19.1. The quantitative estimate of drug-likeness (QED) is 0.815. The second-order valence-electron chi connectivity index (χ2n) is 6.48. The Hall–Kier alpha value is -2.91. The smallest absolute Gasteiger partial charge is 0.254 e. The Morgan fingerprint density at radius 3 is 2.67 bits per heavy atom. The maximum absolute atomic E-state index is 13.3. The molecule has 2 aromatic rings. The molecule has 1 fully saturated rings. The van der Waals surface area contributed by atoms with Crippen molar-refractivity contribution in [2.45, 2.75) is 6.42 Å². The molecule has 5 nitrogen and oxygen atoms in total. The molecule has 27 heavy (non-hydrogen) atoms. The minimum atomic E-state index is -0.391. The van der Waals surface area contributed by atoms with Gasteiger partial charge in [0.05, 0.1) is 11.6 Å². The summed E-state index contributed by atoms with van der Waals surface area (Å²) in [6.07, 6.45) is 0.873. The molecule has 0 bridgehead atoms. The predicted molar refractivity (Wildman–Crippen MR) is 100 cm³/mol. The Kier molecular flexibility index (Phi) is 6.39. The standard InChI is InChI=1S/C21H22FN3O2/c22-19-4-1-3-18(15-19)21(26)25-10-2-9-24(11-12-25)13-14-27-20-7-5-17(16-23)6-8-20/h1,3-8,15H,2,9-14H2. The van der Waals surface area contributed by atoms with Crippen LogP contribution < -0.4 is 4.74 Å². The lowest BCUT2D eigenvalue weighted by atomic mass is 10.2. The van der Waals surface area contributed by atoms with Crippen molar-refractivity contribution in [2.75, 3.05) is 39.3 Å². The number of rotatable bonds is 5. The summed E-state index contributed by atoms with van der Waals surface area (Å²) in [6.45, 7) is 4.25. The molecule has 0 N–H and O–H groups in total. The van der Waals surface area contributed by atoms with Crippen LogP contribution in [0.15, 0.2) is 48.5 Å². The van der Waals surface area contributed by atoms with Crippen LogP contribution in [0.3, 0.4) is 0 Å². The minimum Gasteiger partial charge on any atom is -0.492 e. The molecule has 3 rings (SSSR count). The molecule has 6 heteroatoms. The number of carbonyl (C=O) groups excluding carboxylic acids is 1. The summed E-state index contributed by atoms with van der Waals surface area (Å²) >= 11 is 0. The van der Waals surface area contributed by atoms with E-state index in [4.69, 9.17) is 10.00 Å². The zero-order valence-corrected chi connectivity index (χ0v) is 15.1. The fourth-order valence-electron chi connectivity index (χ4n) is 3.12. The number of hydrogen-bond acceptors (Lipinski definition) is 4. The van der Waals surface area contributed by atoms with E-state index in [1.165, 1.54) is 12.1 Å². The molecule has 1 amide bonds. The average molecular weight is 367 g/mol. The molecule has 0 unspecified atom stereocenters. The Labute approximate surface area is 158 Å². The predicted octanol–water partition coefficient (Wildman–Crippen LogP) is 2.92. The first-order valence-corrected chi connectivity index (χ1v) is 9.06. The van der Waals surface area contributed by atoms with Crippen LogP contribution in [-0.2, 0) is 0 Å². The minimum absolute atomic E-state index is 0.120. The molecule has 2 aromatic carbocycles. The Morgan fingerprint density at radius 1 is 1.11 bits per heavy atom. The number of carbonyl (C=O) groups is 1. The second kappa shape index (κ2) is 9.15. The molecule has 0 saturated carbocycles. The van der Waals surface area contributed by atoms with Crippen molar-refractivity contribution in [3.63, 3.8) is 0 Å². The summed E-state index contributed by atoms with van der Waals surface area (Å²) in [6, 6.07) is 15.0. The molecule has 140 valence electrons. The van der Waals surface area contributed by atoms with E-state index in [0.717, 1.165) is 31.8 Å². The van der Waals surface area contributed by atoms with E-state index < -0.39 is 5.82 Å². The van der Waals surface area contributed by atoms with Crippen molar-refractivity contribution >= 4 is 5.91 Å². The molecule has 0 aliphatic carbocycles. The summed E-state index contributed by atoms with van der Waals surface area (Å²) in [5, 5.41) is 8.80. The SMILES string of the molecule is N#Cc1ccc(OCCN2CCCN(C(=O)c3cccc(F)c3)CC2)cc1. The van der Waals surface area contributed by atoms with Gasteiger partial charge in [-0.2, -0.15) is 5.26 Å². The van der Waals surface area contributed by atoms with E-state index >= 15 is 0 Å². The van der Waals surface area contributed by atoms with E-state index in [9.17, 15) is 9.18 Å². The van der Waals surface area contributed by atoms with Gasteiger partial charge < -0.3 is 9.64 Å². The van der Waals surface area contributed by atoms with E-state index in [1.54, 1.807) is 41.3 Å². The van der Waals surface area contributed by atoms with Gasteiger partial charge in [0, 0.05) is 38.3 Å². The van der Waals surface area contributed by atoms with Crippen LogP contribution in [-0.4, -0.2) is 55.0 Å². The highest BCUT2D eigenvalue weighted by Crippen LogP contribution is 2.13. The molecule has 0 aromatic heterocycles. The lowest BCUT2D eigenvalue weighted by Gasteiger charge is -2.22. The first-order valence-electron chi connectivity index (χ1n) is 9.06. The molecule has 0 spiro atoms. The van der Waals surface area contributed by atoms with Crippen LogP contribution in [0.25, 0.3) is 0 Å². The maximum Gasteiger partial charge on any atom is 0.254 e. The van der Waals surface area contributed by atoms with Gasteiger partial charge in [-0.15, -0.1) is 0 Å². The largest absolute Gasteiger partial charge is 0.492 e. The van der Waals surface area contributed by atoms with Crippen LogP contribution >= 0.6 is 0 Å². The van der Waals surface area contributed by atoms with Crippen LogP contribution in [0.5, 0.6) is 5.75 Å². The van der Waals surface area contributed by atoms with Gasteiger partial charge in [0.1, 0.15) is 18.2 Å². The first-order chi connectivity index (χ1) is 13.2. The number of halogens is 1. The van der Waals surface area contributed by atoms with Crippen molar-refractivity contribution in [3.8, 4) is 11.8 Å². The van der Waals surface area contributed by atoms with Gasteiger partial charge in [-0.05, 0) is 48.9 Å². The Bertz CT molecular complexity index is 817. The lowest BCUT2D eigenvalue weighted by Crippen LogP contribution is -2.36. The van der Waals surface area contributed by atoms with Crippen molar-refractivity contribution < 1.29 is 13.9 Å². The van der Waals surface area contributed by atoms with Gasteiger partial charge in [0.2, 0.25) is 0 Å². The highest BCUT2D eigenvalue weighted by atomic mass is 19.1. The number of benzene rings is 2. The molecule has 0 radical (unpaired) electrons. The van der Waals surface area contributed by atoms with E-state index in [1.807, 2.05) is 0 Å². The van der Waals surface area contributed by atoms with Crippen LogP contribution in [0, 0.1) is 17.1 Å². The third kappa shape index (κ3) is 5.28. The van der Waals surface area contributed by atoms with Gasteiger partial charge in [-0.3, -0.25) is 9.69 Å². The zero-order valence-electron chi connectivity index (χ0n) is 15.1. The summed E-state index contributed by atoms with van der Waals surface area (Å²) in [5.74, 6) is 0.231. The molecule has 1 aliphatic heterocycles. The van der Waals surface area contributed by atoms with Crippen molar-refractivity contribution in [3.05, 3.63) is 65.5 Å². The van der Waals surface area contributed by atoms with Crippen LogP contribution in [0.2, 0.25) is 0 Å². The van der Waals surface area contributed by atoms with Crippen molar-refractivity contribution in [1.82, 2.24) is 9.80 Å². The normalized spacial score (nSPS) is 15.0. The highest BCUT2D eigenvalue weighted by Gasteiger charge is 2.20. The van der Waals surface area contributed by atoms with Crippen LogP contribution in [0.1, 0.15) is 22.3 Å². The number of amides is 1. The zero-order chi connectivity index (χ0) is 19.1. The summed E-state index contributed by atoms with van der Waals surface area (Å²) in [4.78, 5) is 16.6. The van der Waals surface area contributed by atoms with Crippen LogP contribution in [0.4, 0.5) is 4.39 Å². The van der Waals surface area contributed by atoms with Gasteiger partial charge in [-0.1, -0.05) is 6.07 Å². The molecule has 1 aliphatic rings. The van der Waals surface area contributed by atoms with Gasteiger partial charge in [-0.25, -0.2) is 4.39 Å². The summed E-state index contributed by atoms with van der Waals surface area (Å²) in [7, 11) is 0. The lowest BCUT2D eigenvalue weighted by molar-refractivity contribution is 0.0760. The molecule has 1 saturated heterocycles. The highest BCUT2D eigenvalue weighted by molar-refractivity contribution is 5.94. The topological polar surface area (TPSA) is 56.6 Å². The number of ether oxygens (including phenoxy) is 1. The van der Waals surface area contributed by atoms with Crippen molar-refractivity contribution in [1.29, 1.82) is 5.26 Å². The van der Waals surface area contributed by atoms with Gasteiger partial charge in [0.15, 0.2) is 0 Å². The molecular weight excluding hydrogens is 345 g/mol. The molecule has 1 heterocycles. The van der Waals surface area contributed by atoms with E-state index in [2.05, 4.69) is 11.0 Å². The van der Waals surface area contributed by atoms with Crippen molar-refractivity contribution in [2.24, 2.45) is 0 Å². The number of nitrogens with zero attached hydrogens (tertiary/aromatic N) is 3. The second-order valence-corrected chi connectivity index (χ2v) is 6.48. The summed E-state index contributed by atoms with van der Waals surface area (Å²) in [5.41, 5.74) is 1.01. The first kappa shape index (κ1) is 18.9. The fraction of sp³-hybridized carbons (Fsp3) is 0.333. The maximum atomic E-state index is 13.3. The fourth-order valence-corrected chi connectivity index (χ4v) is 3.12. The van der Waals surface area contributed by atoms with E-state index in [0.29, 0.717) is 30.8 Å². The van der Waals surface area contributed by atoms with E-state index in [-0.39, 0.29) is 5.91 Å².